The molecule has 0 unspecified atom stereocenters. The fourth-order valence-electron chi connectivity index (χ4n) is 4.14. The Morgan fingerprint density at radius 2 is 1.78 bits per heavy atom. The zero-order chi connectivity index (χ0) is 19.2. The van der Waals surface area contributed by atoms with Crippen LogP contribution in [-0.4, -0.2) is 27.2 Å². The molecule has 27 heavy (non-hydrogen) atoms. The van der Waals surface area contributed by atoms with Crippen molar-refractivity contribution in [2.75, 3.05) is 0 Å². The molecule has 138 valence electrons. The van der Waals surface area contributed by atoms with Crippen molar-refractivity contribution in [2.24, 2.45) is 4.99 Å². The van der Waals surface area contributed by atoms with E-state index in [1.807, 2.05) is 37.3 Å². The lowest BCUT2D eigenvalue weighted by Gasteiger charge is -2.32. The minimum Gasteiger partial charge on any atom is -0.271 e. The van der Waals surface area contributed by atoms with E-state index in [1.165, 1.54) is 5.56 Å². The van der Waals surface area contributed by atoms with Gasteiger partial charge in [0.2, 0.25) is 0 Å². The van der Waals surface area contributed by atoms with Crippen molar-refractivity contribution in [3.8, 4) is 0 Å². The molecular weight excluding hydrogens is 352 g/mol. The normalized spacial score (nSPS) is 18.3. The van der Waals surface area contributed by atoms with Crippen LogP contribution in [0.3, 0.4) is 0 Å². The van der Waals surface area contributed by atoms with Crippen molar-refractivity contribution < 1.29 is 4.79 Å². The van der Waals surface area contributed by atoms with E-state index in [9.17, 15) is 4.79 Å². The summed E-state index contributed by atoms with van der Waals surface area (Å²) in [4.78, 5) is 20.9. The molecule has 2 aromatic rings. The number of hydrogen-bond acceptors (Lipinski definition) is 3. The Balaban J connectivity index is 1.77. The molecule has 1 saturated carbocycles. The van der Waals surface area contributed by atoms with Gasteiger partial charge in [0.1, 0.15) is 16.4 Å². The SMILES string of the molecule is Cc1cccc(C2=NC3(CCCC3)N(C(=O)c3ccc(C)c(C)c3)C2=S)c1. The largest absolute Gasteiger partial charge is 0.271 e. The highest BCUT2D eigenvalue weighted by Crippen LogP contribution is 2.42. The maximum atomic E-state index is 13.5. The van der Waals surface area contributed by atoms with Gasteiger partial charge >= 0.3 is 0 Å². The molecular formula is C23H24N2OS. The average molecular weight is 377 g/mol. The second-order valence-corrected chi connectivity index (χ2v) is 8.15. The van der Waals surface area contributed by atoms with Gasteiger partial charge in [0, 0.05) is 11.1 Å². The number of benzene rings is 2. The van der Waals surface area contributed by atoms with Crippen LogP contribution < -0.4 is 0 Å². The standard InChI is InChI=1S/C23H24N2OS/c1-15-7-6-8-18(13-15)20-22(27)25(23(24-20)11-4-5-12-23)21(26)19-10-9-16(2)17(3)14-19/h6-10,13-14H,4-5,11-12H2,1-3H3. The second-order valence-electron chi connectivity index (χ2n) is 7.76. The number of carbonyl (C=O) groups excluding carboxylic acids is 1. The number of aliphatic imine (C=N–C) groups is 1. The van der Waals surface area contributed by atoms with Gasteiger partial charge in [-0.05, 0) is 75.8 Å². The van der Waals surface area contributed by atoms with Crippen molar-refractivity contribution in [1.29, 1.82) is 0 Å². The maximum absolute atomic E-state index is 13.5. The zero-order valence-electron chi connectivity index (χ0n) is 16.1. The Labute approximate surface area is 166 Å². The van der Waals surface area contributed by atoms with Crippen molar-refractivity contribution >= 4 is 28.8 Å². The van der Waals surface area contributed by atoms with Gasteiger partial charge in [-0.15, -0.1) is 0 Å². The van der Waals surface area contributed by atoms with Crippen LogP contribution in [0.25, 0.3) is 0 Å². The Hall–Kier alpha value is -2.33. The van der Waals surface area contributed by atoms with Gasteiger partial charge in [-0.2, -0.15) is 0 Å². The molecule has 0 bridgehead atoms. The minimum atomic E-state index is -0.508. The summed E-state index contributed by atoms with van der Waals surface area (Å²) in [6, 6.07) is 14.1. The van der Waals surface area contributed by atoms with Gasteiger partial charge in [-0.3, -0.25) is 14.7 Å². The van der Waals surface area contributed by atoms with E-state index >= 15 is 0 Å². The van der Waals surface area contributed by atoms with Gasteiger partial charge < -0.3 is 0 Å². The quantitative estimate of drug-likeness (QED) is 0.679. The lowest BCUT2D eigenvalue weighted by atomic mass is 10.0. The van der Waals surface area contributed by atoms with E-state index < -0.39 is 5.66 Å². The monoisotopic (exact) mass is 376 g/mol. The van der Waals surface area contributed by atoms with Gasteiger partial charge in [0.15, 0.2) is 0 Å². The summed E-state index contributed by atoms with van der Waals surface area (Å²) >= 11 is 5.81. The van der Waals surface area contributed by atoms with Crippen molar-refractivity contribution in [3.05, 3.63) is 70.3 Å². The topological polar surface area (TPSA) is 32.7 Å². The van der Waals surface area contributed by atoms with E-state index in [0.717, 1.165) is 48.1 Å². The summed E-state index contributed by atoms with van der Waals surface area (Å²) < 4.78 is 0. The van der Waals surface area contributed by atoms with E-state index in [2.05, 4.69) is 26.0 Å². The second kappa shape index (κ2) is 6.68. The molecule has 1 fully saturated rings. The number of carbonyl (C=O) groups is 1. The minimum absolute atomic E-state index is 0.0311. The number of thiocarbonyl (C=S) groups is 1. The van der Waals surface area contributed by atoms with E-state index in [1.54, 1.807) is 4.90 Å². The maximum Gasteiger partial charge on any atom is 0.260 e. The molecule has 1 aliphatic carbocycles. The molecule has 1 heterocycles. The highest BCUT2D eigenvalue weighted by atomic mass is 32.1. The van der Waals surface area contributed by atoms with E-state index in [4.69, 9.17) is 17.2 Å². The number of nitrogens with zero attached hydrogens (tertiary/aromatic N) is 2. The molecule has 4 rings (SSSR count). The first kappa shape index (κ1) is 18.1. The van der Waals surface area contributed by atoms with Crippen molar-refractivity contribution in [2.45, 2.75) is 52.1 Å². The first-order valence-electron chi connectivity index (χ1n) is 9.54. The Bertz CT molecular complexity index is 970. The number of amides is 1. The van der Waals surface area contributed by atoms with Gasteiger partial charge in [0.05, 0.1) is 0 Å². The van der Waals surface area contributed by atoms with Gasteiger partial charge in [-0.25, -0.2) is 0 Å². The molecule has 1 amide bonds. The lowest BCUT2D eigenvalue weighted by Crippen LogP contribution is -2.48. The zero-order valence-corrected chi connectivity index (χ0v) is 16.9. The van der Waals surface area contributed by atoms with Crippen LogP contribution in [0.1, 0.15) is 58.3 Å². The number of aryl methyl sites for hydroxylation is 3. The van der Waals surface area contributed by atoms with E-state index in [-0.39, 0.29) is 5.91 Å². The molecule has 0 atom stereocenters. The van der Waals surface area contributed by atoms with E-state index in [0.29, 0.717) is 10.6 Å². The lowest BCUT2D eigenvalue weighted by molar-refractivity contribution is 0.0724. The first-order valence-corrected chi connectivity index (χ1v) is 9.95. The van der Waals surface area contributed by atoms with Crippen molar-refractivity contribution in [1.82, 2.24) is 4.90 Å². The molecule has 0 N–H and O–H groups in total. The Morgan fingerprint density at radius 1 is 1.04 bits per heavy atom. The van der Waals surface area contributed by atoms with Gasteiger partial charge in [-0.1, -0.05) is 42.0 Å². The van der Waals surface area contributed by atoms with Crippen LogP contribution in [-0.2, 0) is 0 Å². The smallest absolute Gasteiger partial charge is 0.260 e. The molecule has 0 saturated heterocycles. The van der Waals surface area contributed by atoms with Crippen LogP contribution in [0.5, 0.6) is 0 Å². The number of rotatable bonds is 2. The summed E-state index contributed by atoms with van der Waals surface area (Å²) in [5.41, 5.74) is 5.43. The van der Waals surface area contributed by atoms with Crippen LogP contribution in [0.2, 0.25) is 0 Å². The molecule has 1 spiro atoms. The Kier molecular flexibility index (Phi) is 4.47. The summed E-state index contributed by atoms with van der Waals surface area (Å²) in [6.07, 6.45) is 3.89. The van der Waals surface area contributed by atoms with Crippen molar-refractivity contribution in [3.63, 3.8) is 0 Å². The number of hydrogen-bond donors (Lipinski definition) is 0. The van der Waals surface area contributed by atoms with Crippen LogP contribution in [0, 0.1) is 20.8 Å². The molecule has 3 nitrogen and oxygen atoms in total. The highest BCUT2D eigenvalue weighted by Gasteiger charge is 2.50. The molecule has 0 aromatic heterocycles. The molecule has 4 heteroatoms. The van der Waals surface area contributed by atoms with Crippen LogP contribution in [0.15, 0.2) is 47.5 Å². The van der Waals surface area contributed by atoms with Crippen LogP contribution >= 0.6 is 12.2 Å². The van der Waals surface area contributed by atoms with Crippen LogP contribution in [0.4, 0.5) is 0 Å². The third kappa shape index (κ3) is 3.02. The predicted molar refractivity (Wildman–Crippen MR) is 114 cm³/mol. The highest BCUT2D eigenvalue weighted by molar-refractivity contribution is 7.82. The fraction of sp³-hybridized carbons (Fsp3) is 0.348. The first-order chi connectivity index (χ1) is 12.9. The summed E-state index contributed by atoms with van der Waals surface area (Å²) in [6.45, 7) is 6.15. The summed E-state index contributed by atoms with van der Waals surface area (Å²) in [7, 11) is 0. The predicted octanol–water partition coefficient (Wildman–Crippen LogP) is 5.15. The third-order valence-corrected chi connectivity index (χ3v) is 6.17. The average Bonchev–Trinajstić information content (AvgIpc) is 3.22. The van der Waals surface area contributed by atoms with Gasteiger partial charge in [0.25, 0.3) is 5.91 Å². The molecule has 2 aliphatic rings. The molecule has 1 aliphatic heterocycles. The summed E-state index contributed by atoms with van der Waals surface area (Å²) in [5, 5.41) is 0. The molecule has 2 aromatic carbocycles. The third-order valence-electron chi connectivity index (χ3n) is 5.79. The Morgan fingerprint density at radius 3 is 2.44 bits per heavy atom. The summed E-state index contributed by atoms with van der Waals surface area (Å²) in [5.74, 6) is -0.0311. The fourth-order valence-corrected chi connectivity index (χ4v) is 4.56. The molecule has 0 radical (unpaired) electrons.